The summed E-state index contributed by atoms with van der Waals surface area (Å²) in [6.07, 6.45) is -0.728. The highest BCUT2D eigenvalue weighted by molar-refractivity contribution is 5.96. The van der Waals surface area contributed by atoms with Crippen LogP contribution in [0.2, 0.25) is 0 Å². The highest BCUT2D eigenvalue weighted by Gasteiger charge is 2.20. The van der Waals surface area contributed by atoms with E-state index in [1.807, 2.05) is 44.2 Å². The van der Waals surface area contributed by atoms with Crippen LogP contribution in [-0.4, -0.2) is 27.8 Å². The van der Waals surface area contributed by atoms with Crippen LogP contribution in [0.25, 0.3) is 0 Å². The Balaban J connectivity index is 1.93. The summed E-state index contributed by atoms with van der Waals surface area (Å²) in [4.78, 5) is 24.1. The molecule has 2 rings (SSSR count). The lowest BCUT2D eigenvalue weighted by Crippen LogP contribution is -2.30. The lowest BCUT2D eigenvalue weighted by atomic mass is 10.1. The monoisotopic (exact) mass is 315 g/mol. The van der Waals surface area contributed by atoms with E-state index in [0.29, 0.717) is 5.69 Å². The fraction of sp³-hybridized carbons (Fsp3) is 0.353. The van der Waals surface area contributed by atoms with Crippen molar-refractivity contribution in [2.24, 2.45) is 7.05 Å². The molecule has 122 valence electrons. The molecule has 1 aromatic carbocycles. The van der Waals surface area contributed by atoms with E-state index in [2.05, 4.69) is 10.4 Å². The Morgan fingerprint density at radius 1 is 1.26 bits per heavy atom. The predicted octanol–water partition coefficient (Wildman–Crippen LogP) is 2.15. The molecule has 0 bridgehead atoms. The van der Waals surface area contributed by atoms with Gasteiger partial charge in [-0.3, -0.25) is 14.3 Å². The van der Waals surface area contributed by atoms with Gasteiger partial charge in [-0.25, -0.2) is 0 Å². The molecule has 1 aromatic heterocycles. The minimum Gasteiger partial charge on any atom is -0.452 e. The number of ether oxygens (including phenoxy) is 1. The third kappa shape index (κ3) is 4.18. The molecular formula is C17H21N3O3. The van der Waals surface area contributed by atoms with Crippen molar-refractivity contribution in [2.75, 3.05) is 5.32 Å². The lowest BCUT2D eigenvalue weighted by molar-refractivity contribution is -0.152. The van der Waals surface area contributed by atoms with Crippen molar-refractivity contribution in [1.29, 1.82) is 0 Å². The summed E-state index contributed by atoms with van der Waals surface area (Å²) in [5, 5.41) is 7.00. The van der Waals surface area contributed by atoms with Crippen LogP contribution in [0.3, 0.4) is 0 Å². The zero-order valence-electron chi connectivity index (χ0n) is 13.8. The average molecular weight is 315 g/mol. The highest BCUT2D eigenvalue weighted by Crippen LogP contribution is 2.18. The molecule has 0 aliphatic rings. The Bertz CT molecular complexity index is 707. The third-order valence-electron chi connectivity index (χ3n) is 3.63. The number of carbonyl (C=O) groups is 2. The van der Waals surface area contributed by atoms with Crippen molar-refractivity contribution >= 4 is 17.6 Å². The van der Waals surface area contributed by atoms with E-state index in [9.17, 15) is 9.59 Å². The molecular weight excluding hydrogens is 294 g/mol. The summed E-state index contributed by atoms with van der Waals surface area (Å²) in [6, 6.07) is 9.27. The molecule has 6 heteroatoms. The smallest absolute Gasteiger partial charge is 0.311 e. The van der Waals surface area contributed by atoms with Gasteiger partial charge in [-0.2, -0.15) is 5.10 Å². The Morgan fingerprint density at radius 2 is 1.91 bits per heavy atom. The number of carbonyl (C=O) groups excluding carboxylic acids is 2. The molecule has 1 N–H and O–H groups in total. The number of rotatable bonds is 5. The van der Waals surface area contributed by atoms with E-state index < -0.39 is 12.1 Å². The summed E-state index contributed by atoms with van der Waals surface area (Å²) >= 11 is 0. The van der Waals surface area contributed by atoms with Crippen LogP contribution in [-0.2, 0) is 27.8 Å². The first kappa shape index (κ1) is 16.7. The summed E-state index contributed by atoms with van der Waals surface area (Å²) in [7, 11) is 1.81. The van der Waals surface area contributed by atoms with Gasteiger partial charge in [-0.15, -0.1) is 0 Å². The molecule has 0 aliphatic heterocycles. The third-order valence-corrected chi connectivity index (χ3v) is 3.63. The molecule has 23 heavy (non-hydrogen) atoms. The fourth-order valence-electron chi connectivity index (χ4n) is 2.23. The number of esters is 1. The van der Waals surface area contributed by atoms with Crippen molar-refractivity contribution < 1.29 is 14.3 Å². The first-order chi connectivity index (χ1) is 10.9. The minimum absolute atomic E-state index is 0.142. The van der Waals surface area contributed by atoms with E-state index in [4.69, 9.17) is 4.74 Å². The molecule has 0 radical (unpaired) electrons. The first-order valence-electron chi connectivity index (χ1n) is 7.43. The topological polar surface area (TPSA) is 73.2 Å². The Labute approximate surface area is 135 Å². The molecule has 0 fully saturated rings. The lowest BCUT2D eigenvalue weighted by Gasteiger charge is -2.14. The molecule has 0 saturated carbocycles. The van der Waals surface area contributed by atoms with E-state index in [1.165, 1.54) is 0 Å². The Kier molecular flexibility index (Phi) is 5.16. The maximum absolute atomic E-state index is 12.2. The SMILES string of the molecule is Cc1nn(C)c(C)c1NC(=O)C(C)OC(=O)Cc1ccccc1. The molecule has 0 saturated heterocycles. The van der Waals surface area contributed by atoms with Gasteiger partial charge in [0.2, 0.25) is 0 Å². The van der Waals surface area contributed by atoms with Crippen LogP contribution in [0.15, 0.2) is 30.3 Å². The number of aromatic nitrogens is 2. The van der Waals surface area contributed by atoms with Crippen LogP contribution >= 0.6 is 0 Å². The normalized spacial score (nSPS) is 11.8. The van der Waals surface area contributed by atoms with Crippen LogP contribution in [0, 0.1) is 13.8 Å². The summed E-state index contributed by atoms with van der Waals surface area (Å²) in [6.45, 7) is 5.23. The maximum Gasteiger partial charge on any atom is 0.311 e. The minimum atomic E-state index is -0.870. The van der Waals surface area contributed by atoms with Crippen molar-refractivity contribution in [3.05, 3.63) is 47.3 Å². The molecule has 1 atom stereocenters. The quantitative estimate of drug-likeness (QED) is 0.858. The van der Waals surface area contributed by atoms with Crippen molar-refractivity contribution in [1.82, 2.24) is 9.78 Å². The van der Waals surface area contributed by atoms with Crippen molar-refractivity contribution in [2.45, 2.75) is 33.3 Å². The second-order valence-corrected chi connectivity index (χ2v) is 5.45. The number of amides is 1. The van der Waals surface area contributed by atoms with Crippen LogP contribution < -0.4 is 5.32 Å². The molecule has 1 amide bonds. The number of nitrogens with one attached hydrogen (secondary N) is 1. The Morgan fingerprint density at radius 3 is 2.48 bits per heavy atom. The molecule has 6 nitrogen and oxygen atoms in total. The second kappa shape index (κ2) is 7.09. The summed E-state index contributed by atoms with van der Waals surface area (Å²) < 4.78 is 6.89. The highest BCUT2D eigenvalue weighted by atomic mass is 16.5. The zero-order valence-corrected chi connectivity index (χ0v) is 13.8. The van der Waals surface area contributed by atoms with Gasteiger partial charge in [0, 0.05) is 7.05 Å². The molecule has 1 unspecified atom stereocenters. The standard InChI is InChI=1S/C17H21N3O3/c1-11-16(12(2)20(4)19-11)18-17(22)13(3)23-15(21)10-14-8-6-5-7-9-14/h5-9,13H,10H2,1-4H3,(H,18,22). The van der Waals surface area contributed by atoms with Gasteiger partial charge < -0.3 is 10.1 Å². The van der Waals surface area contributed by atoms with E-state index >= 15 is 0 Å². The van der Waals surface area contributed by atoms with Gasteiger partial charge >= 0.3 is 5.97 Å². The van der Waals surface area contributed by atoms with Gasteiger partial charge in [-0.05, 0) is 26.3 Å². The number of nitrogens with zero attached hydrogens (tertiary/aromatic N) is 2. The second-order valence-electron chi connectivity index (χ2n) is 5.45. The average Bonchev–Trinajstić information content (AvgIpc) is 2.74. The van der Waals surface area contributed by atoms with Crippen LogP contribution in [0.4, 0.5) is 5.69 Å². The largest absolute Gasteiger partial charge is 0.452 e. The maximum atomic E-state index is 12.2. The number of aryl methyl sites for hydroxylation is 2. The predicted molar refractivity (Wildman–Crippen MR) is 87.0 cm³/mol. The zero-order chi connectivity index (χ0) is 17.0. The number of hydrogen-bond acceptors (Lipinski definition) is 4. The van der Waals surface area contributed by atoms with E-state index in [-0.39, 0.29) is 12.3 Å². The van der Waals surface area contributed by atoms with Crippen molar-refractivity contribution in [3.8, 4) is 0 Å². The number of anilines is 1. The first-order valence-corrected chi connectivity index (χ1v) is 7.43. The van der Waals surface area contributed by atoms with Crippen molar-refractivity contribution in [3.63, 3.8) is 0 Å². The number of hydrogen-bond donors (Lipinski definition) is 1. The van der Waals surface area contributed by atoms with Gasteiger partial charge in [0.25, 0.3) is 5.91 Å². The number of benzene rings is 1. The summed E-state index contributed by atoms with van der Waals surface area (Å²) in [5.74, 6) is -0.802. The van der Waals surface area contributed by atoms with Gasteiger partial charge in [0.05, 0.1) is 23.5 Å². The fourth-order valence-corrected chi connectivity index (χ4v) is 2.23. The van der Waals surface area contributed by atoms with Crippen LogP contribution in [0.1, 0.15) is 23.9 Å². The van der Waals surface area contributed by atoms with E-state index in [0.717, 1.165) is 17.0 Å². The Hall–Kier alpha value is -2.63. The molecule has 0 aliphatic carbocycles. The van der Waals surface area contributed by atoms with Gasteiger partial charge in [-0.1, -0.05) is 30.3 Å². The molecule has 1 heterocycles. The van der Waals surface area contributed by atoms with Gasteiger partial charge in [0.1, 0.15) is 0 Å². The van der Waals surface area contributed by atoms with Gasteiger partial charge in [0.15, 0.2) is 6.10 Å². The van der Waals surface area contributed by atoms with Crippen LogP contribution in [0.5, 0.6) is 0 Å². The summed E-state index contributed by atoms with van der Waals surface area (Å²) in [5.41, 5.74) is 3.08. The molecule has 2 aromatic rings. The van der Waals surface area contributed by atoms with E-state index in [1.54, 1.807) is 18.7 Å². The molecule has 0 spiro atoms.